The molecule has 7 heteroatoms. The lowest BCUT2D eigenvalue weighted by Crippen LogP contribution is -2.51. The van der Waals surface area contributed by atoms with Crippen molar-refractivity contribution < 1.29 is 9.53 Å². The number of amides is 1. The number of aromatic amines is 1. The molecule has 1 aromatic heterocycles. The summed E-state index contributed by atoms with van der Waals surface area (Å²) in [7, 11) is 0. The normalized spacial score (nSPS) is 29.2. The Bertz CT molecular complexity index is 536. The van der Waals surface area contributed by atoms with Gasteiger partial charge in [0.1, 0.15) is 5.82 Å². The summed E-state index contributed by atoms with van der Waals surface area (Å²) in [6, 6.07) is 0.306. The Hall–Kier alpha value is -1.47. The predicted molar refractivity (Wildman–Crippen MR) is 86.0 cm³/mol. The zero-order valence-electron chi connectivity index (χ0n) is 14.3. The Balaban J connectivity index is 1.57. The molecule has 2 saturated heterocycles. The summed E-state index contributed by atoms with van der Waals surface area (Å²) < 4.78 is 5.79. The van der Waals surface area contributed by atoms with Gasteiger partial charge in [-0.15, -0.1) is 0 Å². The number of carbonyl (C=O) groups excluding carboxylic acids is 1. The minimum absolute atomic E-state index is 0.140. The number of likely N-dealkylation sites (tertiary alicyclic amines) is 1. The molecule has 23 heavy (non-hydrogen) atoms. The van der Waals surface area contributed by atoms with E-state index in [1.165, 1.54) is 0 Å². The summed E-state index contributed by atoms with van der Waals surface area (Å²) in [5.41, 5.74) is 0. The minimum Gasteiger partial charge on any atom is -0.373 e. The van der Waals surface area contributed by atoms with E-state index in [9.17, 15) is 4.79 Å². The lowest BCUT2D eigenvalue weighted by atomic mass is 10.1. The van der Waals surface area contributed by atoms with Crippen LogP contribution in [-0.2, 0) is 16.0 Å². The Kier molecular flexibility index (Phi) is 4.96. The quantitative estimate of drug-likeness (QED) is 0.886. The van der Waals surface area contributed by atoms with Gasteiger partial charge in [-0.2, -0.15) is 5.10 Å². The van der Waals surface area contributed by atoms with E-state index in [4.69, 9.17) is 4.74 Å². The van der Waals surface area contributed by atoms with Crippen molar-refractivity contribution in [1.29, 1.82) is 0 Å². The maximum Gasteiger partial charge on any atom is 0.230 e. The van der Waals surface area contributed by atoms with Gasteiger partial charge in [-0.05, 0) is 33.6 Å². The van der Waals surface area contributed by atoms with E-state index in [2.05, 4.69) is 33.9 Å². The second-order valence-corrected chi connectivity index (χ2v) is 6.87. The summed E-state index contributed by atoms with van der Waals surface area (Å²) in [6.07, 6.45) is 2.98. The molecule has 128 valence electrons. The number of aromatic nitrogens is 3. The molecule has 1 N–H and O–H groups in total. The number of ether oxygens (including phenoxy) is 1. The number of nitrogens with zero attached hydrogens (tertiary/aromatic N) is 4. The number of H-pyrrole nitrogens is 1. The summed E-state index contributed by atoms with van der Waals surface area (Å²) >= 11 is 0. The third-order valence-corrected chi connectivity index (χ3v) is 4.61. The number of hydrogen-bond donors (Lipinski definition) is 1. The van der Waals surface area contributed by atoms with E-state index in [-0.39, 0.29) is 24.5 Å². The van der Waals surface area contributed by atoms with Crippen molar-refractivity contribution in [2.45, 2.75) is 58.3 Å². The highest BCUT2D eigenvalue weighted by molar-refractivity contribution is 5.78. The van der Waals surface area contributed by atoms with Crippen LogP contribution in [0.1, 0.15) is 38.3 Å². The van der Waals surface area contributed by atoms with Crippen LogP contribution in [0.3, 0.4) is 0 Å². The smallest absolute Gasteiger partial charge is 0.230 e. The first-order valence-electron chi connectivity index (χ1n) is 8.56. The van der Waals surface area contributed by atoms with E-state index >= 15 is 0 Å². The number of hydrogen-bond acceptors (Lipinski definition) is 5. The third-order valence-electron chi connectivity index (χ3n) is 4.61. The van der Waals surface area contributed by atoms with Crippen LogP contribution in [0, 0.1) is 6.92 Å². The van der Waals surface area contributed by atoms with Gasteiger partial charge in [-0.3, -0.25) is 14.8 Å². The summed E-state index contributed by atoms with van der Waals surface area (Å²) in [6.45, 7) is 9.77. The van der Waals surface area contributed by atoms with Gasteiger partial charge < -0.3 is 9.64 Å². The average molecular weight is 321 g/mol. The molecule has 2 aliphatic rings. The molecule has 1 aromatic rings. The first kappa shape index (κ1) is 16.4. The number of nitrogens with one attached hydrogen (secondary N) is 1. The first-order valence-corrected chi connectivity index (χ1v) is 8.56. The molecule has 0 radical (unpaired) electrons. The molecule has 0 saturated carbocycles. The standard InChI is InChI=1S/C16H27N5O2/c1-11-8-20(9-12(2)23-11)10-14-5-4-6-21(14)16(22)7-15-17-13(3)18-19-15/h11-12,14H,4-10H2,1-3H3,(H,17,18,19). The highest BCUT2D eigenvalue weighted by Gasteiger charge is 2.32. The fourth-order valence-corrected chi connectivity index (χ4v) is 3.79. The lowest BCUT2D eigenvalue weighted by Gasteiger charge is -2.38. The fourth-order valence-electron chi connectivity index (χ4n) is 3.79. The molecule has 3 heterocycles. The second-order valence-electron chi connectivity index (χ2n) is 6.87. The first-order chi connectivity index (χ1) is 11.0. The van der Waals surface area contributed by atoms with Crippen LogP contribution >= 0.6 is 0 Å². The molecule has 0 spiro atoms. The van der Waals surface area contributed by atoms with Crippen molar-refractivity contribution in [2.75, 3.05) is 26.2 Å². The highest BCUT2D eigenvalue weighted by Crippen LogP contribution is 2.21. The van der Waals surface area contributed by atoms with Crippen LogP contribution in [0.25, 0.3) is 0 Å². The minimum atomic E-state index is 0.140. The molecule has 2 fully saturated rings. The van der Waals surface area contributed by atoms with Crippen LogP contribution in [0.4, 0.5) is 0 Å². The number of carbonyl (C=O) groups is 1. The molecule has 0 aliphatic carbocycles. The number of morpholine rings is 1. The van der Waals surface area contributed by atoms with Gasteiger partial charge >= 0.3 is 0 Å². The molecule has 7 nitrogen and oxygen atoms in total. The maximum atomic E-state index is 12.6. The molecule has 3 rings (SSSR count). The van der Waals surface area contributed by atoms with Gasteiger partial charge in [0.15, 0.2) is 5.82 Å². The van der Waals surface area contributed by atoms with E-state index in [0.717, 1.165) is 44.8 Å². The Morgan fingerprint density at radius 2 is 2.09 bits per heavy atom. The van der Waals surface area contributed by atoms with Gasteiger partial charge in [-0.25, -0.2) is 4.98 Å². The number of aryl methyl sites for hydroxylation is 1. The van der Waals surface area contributed by atoms with E-state index in [0.29, 0.717) is 11.9 Å². The molecule has 1 amide bonds. The van der Waals surface area contributed by atoms with E-state index in [1.807, 2.05) is 11.8 Å². The lowest BCUT2D eigenvalue weighted by molar-refractivity contribution is -0.132. The second kappa shape index (κ2) is 6.97. The Morgan fingerprint density at radius 3 is 2.74 bits per heavy atom. The van der Waals surface area contributed by atoms with Crippen LogP contribution < -0.4 is 0 Å². The molecule has 0 aromatic carbocycles. The average Bonchev–Trinajstić information content (AvgIpc) is 3.07. The van der Waals surface area contributed by atoms with Crippen LogP contribution in [-0.4, -0.2) is 75.3 Å². The van der Waals surface area contributed by atoms with Gasteiger partial charge in [0, 0.05) is 32.2 Å². The van der Waals surface area contributed by atoms with Crippen molar-refractivity contribution in [3.63, 3.8) is 0 Å². The summed E-state index contributed by atoms with van der Waals surface area (Å²) in [5, 5.41) is 6.87. The van der Waals surface area contributed by atoms with Crippen molar-refractivity contribution in [2.24, 2.45) is 0 Å². The largest absolute Gasteiger partial charge is 0.373 e. The van der Waals surface area contributed by atoms with Gasteiger partial charge in [0.25, 0.3) is 0 Å². The van der Waals surface area contributed by atoms with Gasteiger partial charge in [0.2, 0.25) is 5.91 Å². The zero-order chi connectivity index (χ0) is 16.4. The van der Waals surface area contributed by atoms with Gasteiger partial charge in [-0.1, -0.05) is 0 Å². The summed E-state index contributed by atoms with van der Waals surface area (Å²) in [5.74, 6) is 1.48. The van der Waals surface area contributed by atoms with Crippen molar-refractivity contribution in [1.82, 2.24) is 25.0 Å². The fraction of sp³-hybridized carbons (Fsp3) is 0.812. The van der Waals surface area contributed by atoms with Crippen molar-refractivity contribution in [3.05, 3.63) is 11.6 Å². The predicted octanol–water partition coefficient (Wildman–Crippen LogP) is 0.756. The zero-order valence-corrected chi connectivity index (χ0v) is 14.3. The Morgan fingerprint density at radius 1 is 1.35 bits per heavy atom. The maximum absolute atomic E-state index is 12.6. The molecule has 2 aliphatic heterocycles. The summed E-state index contributed by atoms with van der Waals surface area (Å²) in [4.78, 5) is 21.3. The molecular weight excluding hydrogens is 294 g/mol. The van der Waals surface area contributed by atoms with E-state index < -0.39 is 0 Å². The highest BCUT2D eigenvalue weighted by atomic mass is 16.5. The van der Waals surface area contributed by atoms with Gasteiger partial charge in [0.05, 0.1) is 18.6 Å². The van der Waals surface area contributed by atoms with Crippen LogP contribution in [0.2, 0.25) is 0 Å². The molecule has 0 bridgehead atoms. The SMILES string of the molecule is Cc1nc(CC(=O)N2CCCC2CN2CC(C)OC(C)C2)n[nH]1. The topological polar surface area (TPSA) is 74.3 Å². The monoisotopic (exact) mass is 321 g/mol. The van der Waals surface area contributed by atoms with Crippen molar-refractivity contribution >= 4 is 5.91 Å². The third kappa shape index (κ3) is 4.09. The molecular formula is C16H27N5O2. The van der Waals surface area contributed by atoms with Crippen molar-refractivity contribution in [3.8, 4) is 0 Å². The van der Waals surface area contributed by atoms with Crippen LogP contribution in [0.15, 0.2) is 0 Å². The Labute approximate surface area is 137 Å². The molecule has 3 atom stereocenters. The van der Waals surface area contributed by atoms with E-state index in [1.54, 1.807) is 0 Å². The van der Waals surface area contributed by atoms with Crippen LogP contribution in [0.5, 0.6) is 0 Å². The molecule has 3 unspecified atom stereocenters. The number of rotatable bonds is 4.